The monoisotopic (exact) mass is 315 g/mol. The maximum atomic E-state index is 11.2. The molecule has 1 aromatic carbocycles. The zero-order valence-electron chi connectivity index (χ0n) is 13.2. The van der Waals surface area contributed by atoms with E-state index in [0.717, 1.165) is 11.3 Å². The molecule has 2 rings (SSSR count). The summed E-state index contributed by atoms with van der Waals surface area (Å²) in [6.45, 7) is 3.14. The summed E-state index contributed by atoms with van der Waals surface area (Å²) < 4.78 is 6.79. The predicted octanol–water partition coefficient (Wildman–Crippen LogP) is 2.65. The Kier molecular flexibility index (Phi) is 6.84. The summed E-state index contributed by atoms with van der Waals surface area (Å²) >= 11 is 0. The fourth-order valence-electron chi connectivity index (χ4n) is 1.99. The first-order valence-corrected chi connectivity index (χ1v) is 7.65. The topological polar surface area (TPSA) is 65.7 Å². The van der Waals surface area contributed by atoms with Crippen LogP contribution in [0.5, 0.6) is 0 Å². The van der Waals surface area contributed by atoms with E-state index in [0.29, 0.717) is 32.6 Å². The average Bonchev–Trinajstić information content (AvgIpc) is 3.07. The molecule has 6 nitrogen and oxygen atoms in total. The van der Waals surface area contributed by atoms with E-state index in [4.69, 9.17) is 9.57 Å². The van der Waals surface area contributed by atoms with Crippen LogP contribution in [0.25, 0.3) is 0 Å². The fraction of sp³-hybridized carbons (Fsp3) is 0.353. The molecular weight excluding hydrogens is 294 g/mol. The van der Waals surface area contributed by atoms with Crippen LogP contribution in [0, 0.1) is 0 Å². The molecule has 2 aromatic rings. The zero-order valence-corrected chi connectivity index (χ0v) is 13.2. The van der Waals surface area contributed by atoms with E-state index in [1.165, 1.54) is 0 Å². The van der Waals surface area contributed by atoms with Crippen LogP contribution < -0.4 is 0 Å². The molecule has 0 bridgehead atoms. The van der Waals surface area contributed by atoms with Gasteiger partial charge in [0.15, 0.2) is 0 Å². The van der Waals surface area contributed by atoms with Crippen molar-refractivity contribution in [1.82, 2.24) is 9.55 Å². The molecule has 0 aliphatic heterocycles. The minimum Gasteiger partial charge on any atom is -0.466 e. The molecule has 0 radical (unpaired) electrons. The normalized spacial score (nSPS) is 11.3. The first kappa shape index (κ1) is 16.7. The summed E-state index contributed by atoms with van der Waals surface area (Å²) in [6.07, 6.45) is 6.25. The molecule has 0 fully saturated rings. The van der Waals surface area contributed by atoms with Crippen molar-refractivity contribution in [2.45, 2.75) is 26.3 Å². The molecule has 0 unspecified atom stereocenters. The molecule has 0 spiro atoms. The van der Waals surface area contributed by atoms with Gasteiger partial charge in [0.2, 0.25) is 0 Å². The minimum atomic E-state index is -0.207. The number of benzene rings is 1. The number of rotatable bonds is 9. The number of aromatic nitrogens is 2. The lowest BCUT2D eigenvalue weighted by atomic mass is 10.1. The fourth-order valence-corrected chi connectivity index (χ4v) is 1.99. The van der Waals surface area contributed by atoms with Gasteiger partial charge in [-0.3, -0.25) is 4.79 Å². The number of carbonyl (C=O) groups excluding carboxylic acids is 1. The third-order valence-corrected chi connectivity index (χ3v) is 3.10. The third-order valence-electron chi connectivity index (χ3n) is 3.10. The molecule has 1 aromatic heterocycles. The largest absolute Gasteiger partial charge is 0.466 e. The van der Waals surface area contributed by atoms with E-state index < -0.39 is 0 Å². The average molecular weight is 315 g/mol. The Bertz CT molecular complexity index is 609. The van der Waals surface area contributed by atoms with Crippen LogP contribution in [0.2, 0.25) is 0 Å². The molecule has 0 amide bonds. The van der Waals surface area contributed by atoms with Gasteiger partial charge in [0.1, 0.15) is 12.3 Å². The van der Waals surface area contributed by atoms with Gasteiger partial charge in [-0.2, -0.15) is 0 Å². The summed E-state index contributed by atoms with van der Waals surface area (Å²) in [5.41, 5.74) is 1.80. The van der Waals surface area contributed by atoms with Crippen LogP contribution in [-0.4, -0.2) is 34.4 Å². The summed E-state index contributed by atoms with van der Waals surface area (Å²) in [6, 6.07) is 9.84. The second-order valence-electron chi connectivity index (χ2n) is 4.88. The van der Waals surface area contributed by atoms with Crippen molar-refractivity contribution in [2.75, 3.05) is 13.2 Å². The maximum Gasteiger partial charge on any atom is 0.305 e. The highest BCUT2D eigenvalue weighted by atomic mass is 16.6. The van der Waals surface area contributed by atoms with Crippen LogP contribution in [0.1, 0.15) is 25.3 Å². The Morgan fingerprint density at radius 3 is 2.83 bits per heavy atom. The van der Waals surface area contributed by atoms with Crippen molar-refractivity contribution in [1.29, 1.82) is 0 Å². The van der Waals surface area contributed by atoms with E-state index in [-0.39, 0.29) is 5.97 Å². The van der Waals surface area contributed by atoms with Crippen LogP contribution >= 0.6 is 0 Å². The van der Waals surface area contributed by atoms with Crippen molar-refractivity contribution in [2.24, 2.45) is 5.16 Å². The summed E-state index contributed by atoms with van der Waals surface area (Å²) in [4.78, 5) is 20.7. The Hall–Kier alpha value is -2.63. The van der Waals surface area contributed by atoms with Gasteiger partial charge in [-0.05, 0) is 13.3 Å². The predicted molar refractivity (Wildman–Crippen MR) is 87.0 cm³/mol. The van der Waals surface area contributed by atoms with Crippen molar-refractivity contribution in [3.63, 3.8) is 0 Å². The highest BCUT2D eigenvalue weighted by Gasteiger charge is 2.06. The lowest BCUT2D eigenvalue weighted by molar-refractivity contribution is -0.143. The number of hydrogen-bond donors (Lipinski definition) is 0. The van der Waals surface area contributed by atoms with Gasteiger partial charge in [0.05, 0.1) is 19.5 Å². The lowest BCUT2D eigenvalue weighted by Crippen LogP contribution is -2.11. The van der Waals surface area contributed by atoms with Gasteiger partial charge in [-0.15, -0.1) is 0 Å². The number of esters is 1. The smallest absolute Gasteiger partial charge is 0.305 e. The standard InChI is InChI=1S/C17H21N3O3/c1-2-22-17(21)9-6-12-23-19-16(13-20-11-10-18-14-20)15-7-4-3-5-8-15/h3-5,7-8,10-11,14H,2,6,9,12-13H2,1H3/b19-16-. The van der Waals surface area contributed by atoms with Crippen molar-refractivity contribution >= 4 is 11.7 Å². The molecule has 23 heavy (non-hydrogen) atoms. The van der Waals surface area contributed by atoms with Gasteiger partial charge in [0, 0.05) is 24.4 Å². The van der Waals surface area contributed by atoms with E-state index in [2.05, 4.69) is 10.1 Å². The molecule has 122 valence electrons. The molecule has 0 aliphatic rings. The summed E-state index contributed by atoms with van der Waals surface area (Å²) in [7, 11) is 0. The van der Waals surface area contributed by atoms with Gasteiger partial charge in [-0.25, -0.2) is 4.98 Å². The molecular formula is C17H21N3O3. The van der Waals surface area contributed by atoms with Gasteiger partial charge < -0.3 is 14.1 Å². The van der Waals surface area contributed by atoms with Crippen LogP contribution in [0.4, 0.5) is 0 Å². The number of hydrogen-bond acceptors (Lipinski definition) is 5. The number of imidazole rings is 1. The quantitative estimate of drug-likeness (QED) is 0.309. The highest BCUT2D eigenvalue weighted by molar-refractivity contribution is 6.00. The molecule has 0 saturated heterocycles. The molecule has 0 N–H and O–H groups in total. The molecule has 6 heteroatoms. The van der Waals surface area contributed by atoms with Crippen LogP contribution in [-0.2, 0) is 20.9 Å². The Morgan fingerprint density at radius 2 is 2.13 bits per heavy atom. The second kappa shape index (κ2) is 9.40. The second-order valence-corrected chi connectivity index (χ2v) is 4.88. The van der Waals surface area contributed by atoms with Crippen molar-refractivity contribution in [3.8, 4) is 0 Å². The Labute approximate surface area is 135 Å². The number of oxime groups is 1. The van der Waals surface area contributed by atoms with Crippen LogP contribution in [0.3, 0.4) is 0 Å². The third kappa shape index (κ3) is 5.94. The first-order chi connectivity index (χ1) is 11.3. The summed E-state index contributed by atoms with van der Waals surface area (Å²) in [5, 5.41) is 4.23. The van der Waals surface area contributed by atoms with Gasteiger partial charge in [0.25, 0.3) is 0 Å². The number of ether oxygens (including phenoxy) is 1. The van der Waals surface area contributed by atoms with Crippen molar-refractivity contribution < 1.29 is 14.4 Å². The SMILES string of the molecule is CCOC(=O)CCCO/N=C(/Cn1ccnc1)c1ccccc1. The van der Waals surface area contributed by atoms with Gasteiger partial charge in [-0.1, -0.05) is 35.5 Å². The molecule has 1 heterocycles. The van der Waals surface area contributed by atoms with E-state index in [9.17, 15) is 4.79 Å². The Morgan fingerprint density at radius 1 is 1.30 bits per heavy atom. The van der Waals surface area contributed by atoms with E-state index in [1.54, 1.807) is 19.4 Å². The van der Waals surface area contributed by atoms with Crippen molar-refractivity contribution in [3.05, 3.63) is 54.6 Å². The maximum absolute atomic E-state index is 11.2. The van der Waals surface area contributed by atoms with Gasteiger partial charge >= 0.3 is 5.97 Å². The Balaban J connectivity index is 1.90. The number of nitrogens with zero attached hydrogens (tertiary/aromatic N) is 3. The molecule has 0 atom stereocenters. The molecule has 0 saturated carbocycles. The zero-order chi connectivity index (χ0) is 16.3. The molecule has 0 aliphatic carbocycles. The minimum absolute atomic E-state index is 0.207. The lowest BCUT2D eigenvalue weighted by Gasteiger charge is -2.08. The van der Waals surface area contributed by atoms with Crippen LogP contribution in [0.15, 0.2) is 54.2 Å². The first-order valence-electron chi connectivity index (χ1n) is 7.65. The van der Waals surface area contributed by atoms with E-state index in [1.807, 2.05) is 41.1 Å². The highest BCUT2D eigenvalue weighted by Crippen LogP contribution is 2.05. The number of carbonyl (C=O) groups is 1. The van der Waals surface area contributed by atoms with E-state index >= 15 is 0 Å². The summed E-state index contributed by atoms with van der Waals surface area (Å²) in [5.74, 6) is -0.207.